The molecule has 2 nitrogen and oxygen atoms in total. The third-order valence-corrected chi connectivity index (χ3v) is 1.42. The molecule has 0 amide bonds. The van der Waals surface area contributed by atoms with Crippen molar-refractivity contribution in [2.75, 3.05) is 0 Å². The summed E-state index contributed by atoms with van der Waals surface area (Å²) < 4.78 is 0. The third-order valence-electron chi connectivity index (χ3n) is 1.42. The Bertz CT molecular complexity index is 273. The van der Waals surface area contributed by atoms with E-state index >= 15 is 0 Å². The maximum absolute atomic E-state index is 5.09. The van der Waals surface area contributed by atoms with Crippen LogP contribution in [0.15, 0.2) is 30.5 Å². The number of hydroxylamine groups is 1. The summed E-state index contributed by atoms with van der Waals surface area (Å²) in [6, 6.07) is 7.86. The summed E-state index contributed by atoms with van der Waals surface area (Å²) in [4.78, 5) is 5.09. The molecule has 0 fully saturated rings. The Morgan fingerprint density at radius 3 is 2.82 bits per heavy atom. The van der Waals surface area contributed by atoms with E-state index in [2.05, 4.69) is 5.48 Å². The minimum absolute atomic E-state index is 0. The van der Waals surface area contributed by atoms with Crippen LogP contribution in [0.5, 0.6) is 5.75 Å². The Labute approximate surface area is 85.4 Å². The van der Waals surface area contributed by atoms with Crippen LogP contribution in [0.1, 0.15) is 5.56 Å². The summed E-state index contributed by atoms with van der Waals surface area (Å²) in [5, 5.41) is 0. The first-order chi connectivity index (χ1) is 4.97. The summed E-state index contributed by atoms with van der Waals surface area (Å²) in [7, 11) is 0. The van der Waals surface area contributed by atoms with Gasteiger partial charge in [0, 0.05) is 11.8 Å². The quantitative estimate of drug-likeness (QED) is 0.675. The number of benzene rings is 1. The van der Waals surface area contributed by atoms with E-state index in [9.17, 15) is 0 Å². The standard InChI is InChI=1S/C8H7NO.Pb.4H/c1-2-4-8-7(3-1)5-6-9-10-8;;;;;/h1-6,9H;;;;;. The second-order valence-electron chi connectivity index (χ2n) is 2.09. The molecule has 0 saturated heterocycles. The van der Waals surface area contributed by atoms with Crippen LogP contribution in [0.4, 0.5) is 0 Å². The fourth-order valence-electron chi connectivity index (χ4n) is 0.932. The predicted molar refractivity (Wildman–Crippen MR) is 50.6 cm³/mol. The maximum atomic E-state index is 5.09. The van der Waals surface area contributed by atoms with Gasteiger partial charge < -0.3 is 4.84 Å². The Kier molecular flexibility index (Phi) is 2.93. The zero-order chi connectivity index (χ0) is 6.81. The van der Waals surface area contributed by atoms with Gasteiger partial charge in [0.1, 0.15) is 0 Å². The molecule has 1 aliphatic rings. The summed E-state index contributed by atoms with van der Waals surface area (Å²) in [6.07, 6.45) is 3.74. The van der Waals surface area contributed by atoms with Gasteiger partial charge in [-0.3, -0.25) is 0 Å². The van der Waals surface area contributed by atoms with E-state index in [4.69, 9.17) is 4.84 Å². The van der Waals surface area contributed by atoms with Crippen LogP contribution < -0.4 is 10.3 Å². The fourth-order valence-corrected chi connectivity index (χ4v) is 0.932. The molecule has 0 aromatic heterocycles. The Hall–Kier alpha value is -0.518. The zero-order valence-corrected chi connectivity index (χ0v) is 5.37. The molecule has 0 unspecified atom stereocenters. The van der Waals surface area contributed by atoms with E-state index in [1.54, 1.807) is 6.20 Å². The minimum atomic E-state index is 0. The first kappa shape index (κ1) is 8.58. The van der Waals surface area contributed by atoms with Crippen molar-refractivity contribution in [3.63, 3.8) is 0 Å². The predicted octanol–water partition coefficient (Wildman–Crippen LogP) is 0.103. The van der Waals surface area contributed by atoms with Crippen molar-refractivity contribution in [2.24, 2.45) is 0 Å². The van der Waals surface area contributed by atoms with Gasteiger partial charge in [0.25, 0.3) is 0 Å². The number of hydrogen-bond donors (Lipinski definition) is 1. The van der Waals surface area contributed by atoms with Gasteiger partial charge in [0.15, 0.2) is 5.75 Å². The van der Waals surface area contributed by atoms with Gasteiger partial charge in [0.05, 0.1) is 0 Å². The van der Waals surface area contributed by atoms with E-state index < -0.39 is 0 Å². The Balaban J connectivity index is 0.000000605. The molecule has 11 heavy (non-hydrogen) atoms. The first-order valence-electron chi connectivity index (χ1n) is 3.15. The van der Waals surface area contributed by atoms with Crippen molar-refractivity contribution < 1.29 is 4.84 Å². The van der Waals surface area contributed by atoms with Gasteiger partial charge in [0.2, 0.25) is 0 Å². The van der Waals surface area contributed by atoms with E-state index in [0.29, 0.717) is 0 Å². The third kappa shape index (κ3) is 1.74. The SMILES string of the molecule is C1=Cc2ccccc2ON1.[PbH4]. The van der Waals surface area contributed by atoms with Crippen LogP contribution in [-0.4, -0.2) is 27.3 Å². The normalized spacial score (nSPS) is 12.0. The molecule has 1 aromatic rings. The monoisotopic (exact) mass is 345 g/mol. The van der Waals surface area contributed by atoms with Gasteiger partial charge in [-0.1, -0.05) is 18.2 Å². The Morgan fingerprint density at radius 1 is 1.18 bits per heavy atom. The second kappa shape index (κ2) is 3.75. The number of para-hydroxylation sites is 1. The number of hydrogen-bond acceptors (Lipinski definition) is 2. The van der Waals surface area contributed by atoms with Gasteiger partial charge in [-0.2, -0.15) is 0 Å². The molecule has 3 heteroatoms. The van der Waals surface area contributed by atoms with E-state index in [0.717, 1.165) is 11.3 Å². The van der Waals surface area contributed by atoms with Gasteiger partial charge in [-0.05, 0) is 12.1 Å². The molecule has 58 valence electrons. The van der Waals surface area contributed by atoms with Crippen molar-refractivity contribution in [3.05, 3.63) is 36.0 Å². The molecule has 1 heterocycles. The van der Waals surface area contributed by atoms with Crippen LogP contribution in [-0.2, 0) is 0 Å². The Morgan fingerprint density at radius 2 is 2.00 bits per heavy atom. The molecule has 1 aromatic carbocycles. The number of rotatable bonds is 0. The molecule has 0 aliphatic carbocycles. The molecule has 0 bridgehead atoms. The molecule has 1 aliphatic heterocycles. The summed E-state index contributed by atoms with van der Waals surface area (Å²) in [5.41, 5.74) is 3.77. The van der Waals surface area contributed by atoms with Crippen molar-refractivity contribution >= 4 is 33.4 Å². The first-order valence-corrected chi connectivity index (χ1v) is 3.15. The molecule has 0 spiro atoms. The fraction of sp³-hybridized carbons (Fsp3) is 0. The number of nitrogens with one attached hydrogen (secondary N) is 1. The van der Waals surface area contributed by atoms with E-state index in [1.165, 1.54) is 0 Å². The number of fused-ring (bicyclic) bond motifs is 1. The van der Waals surface area contributed by atoms with Gasteiger partial charge in [-0.15, -0.1) is 0 Å². The molecule has 0 saturated carbocycles. The van der Waals surface area contributed by atoms with Crippen molar-refractivity contribution in [2.45, 2.75) is 0 Å². The average Bonchev–Trinajstić information content (AvgIpc) is 2.05. The van der Waals surface area contributed by atoms with Crippen LogP contribution in [0.3, 0.4) is 0 Å². The summed E-state index contributed by atoms with van der Waals surface area (Å²) in [6.45, 7) is 0. The molecule has 0 atom stereocenters. The molecule has 2 rings (SSSR count). The molecular weight excluding hydrogens is 333 g/mol. The van der Waals surface area contributed by atoms with Crippen molar-refractivity contribution in [3.8, 4) is 5.75 Å². The van der Waals surface area contributed by atoms with Gasteiger partial charge >= 0.3 is 27.3 Å². The zero-order valence-electron chi connectivity index (χ0n) is 5.37. The van der Waals surface area contributed by atoms with Crippen molar-refractivity contribution in [1.82, 2.24) is 5.48 Å². The second-order valence-corrected chi connectivity index (χ2v) is 2.09. The van der Waals surface area contributed by atoms with Gasteiger partial charge in [-0.25, -0.2) is 5.48 Å². The van der Waals surface area contributed by atoms with E-state index in [1.807, 2.05) is 30.3 Å². The van der Waals surface area contributed by atoms with Crippen LogP contribution >= 0.6 is 0 Å². The summed E-state index contributed by atoms with van der Waals surface area (Å²) in [5.74, 6) is 0.880. The van der Waals surface area contributed by atoms with E-state index in [-0.39, 0.29) is 27.3 Å². The average molecular weight is 344 g/mol. The van der Waals surface area contributed by atoms with Crippen molar-refractivity contribution in [1.29, 1.82) is 0 Å². The molecular formula is C8H11NOPb. The van der Waals surface area contributed by atoms with Crippen LogP contribution in [0.2, 0.25) is 0 Å². The topological polar surface area (TPSA) is 21.3 Å². The summed E-state index contributed by atoms with van der Waals surface area (Å²) >= 11 is 0. The van der Waals surface area contributed by atoms with Crippen LogP contribution in [0, 0.1) is 0 Å². The molecule has 0 radical (unpaired) electrons. The van der Waals surface area contributed by atoms with Crippen LogP contribution in [0.25, 0.3) is 6.08 Å². The molecule has 1 N–H and O–H groups in total.